The van der Waals surface area contributed by atoms with Crippen LogP contribution in [0.5, 0.6) is 0 Å². The molecular weight excluding hydrogens is 787 g/mol. The molecule has 0 bridgehead atoms. The van der Waals surface area contributed by atoms with Crippen molar-refractivity contribution in [3.05, 3.63) is 94.6 Å². The van der Waals surface area contributed by atoms with Crippen LogP contribution in [0.25, 0.3) is 32.7 Å². The number of aryl methyl sites for hydroxylation is 1. The van der Waals surface area contributed by atoms with E-state index in [9.17, 15) is 9.90 Å². The minimum atomic E-state index is -0.337. The van der Waals surface area contributed by atoms with Gasteiger partial charge in [0, 0.05) is 72.0 Å². The number of hydrogen-bond donors (Lipinski definition) is 1. The number of hydrogen-bond acceptors (Lipinski definition) is 5. The van der Waals surface area contributed by atoms with Gasteiger partial charge in [-0.05, 0) is 55.7 Å². The number of nitrogens with zero attached hydrogens (tertiary/aromatic N) is 1. The molecule has 6 rings (SSSR count). The van der Waals surface area contributed by atoms with Gasteiger partial charge in [-0.15, -0.1) is 29.1 Å². The topological polar surface area (TPSA) is 75.9 Å². The second kappa shape index (κ2) is 14.8. The van der Waals surface area contributed by atoms with Gasteiger partial charge in [-0.1, -0.05) is 91.5 Å². The van der Waals surface area contributed by atoms with Crippen molar-refractivity contribution in [1.29, 1.82) is 0 Å². The van der Waals surface area contributed by atoms with Crippen LogP contribution < -0.4 is 0 Å². The predicted molar refractivity (Wildman–Crippen MR) is 200 cm³/mol. The third-order valence-electron chi connectivity index (χ3n) is 10.9. The SMILES string of the molecule is CCC(C)(CC)C(=O)/C=C(\O)C(C)(CC)CC.Cc1coc2ccc3oc4c(c3c12)C(c1[c-]c2ccccc2c(C(C)(C)C)c1)=NCC4.[Ir]. The van der Waals surface area contributed by atoms with Gasteiger partial charge in [0.05, 0.1) is 6.26 Å². The number of ketones is 1. The summed E-state index contributed by atoms with van der Waals surface area (Å²) in [5, 5.41) is 14.7. The summed E-state index contributed by atoms with van der Waals surface area (Å²) in [7, 11) is 0. The number of fused-ring (bicyclic) bond motifs is 6. The van der Waals surface area contributed by atoms with E-state index in [0.717, 1.165) is 94.1 Å². The standard InChI is InChI=1S/C28H24NO2.C15H28O2.Ir/c1-16-15-30-21-9-10-22-25(24(16)21)26-23(31-22)11-12-29-27(26)18-13-17-7-5-6-8-19(17)20(14-18)28(2,3)4;1-7-14(5,8-2)12(16)11-13(17)15(6,9-3)10-4;/h5-10,14-15H,11-12H2,1-4H3;11,16H,7-10H2,1-6H3;/q-1;;/b;12-11-;. The van der Waals surface area contributed by atoms with Crippen LogP contribution in [-0.2, 0) is 36.7 Å². The average molecular weight is 839 g/mol. The number of aliphatic hydroxyl groups is 1. The molecule has 0 fully saturated rings. The summed E-state index contributed by atoms with van der Waals surface area (Å²) in [5.41, 5.74) is 6.72. The third-order valence-corrected chi connectivity index (χ3v) is 10.9. The maximum atomic E-state index is 12.2. The Morgan fingerprint density at radius 3 is 2.18 bits per heavy atom. The molecule has 0 saturated heterocycles. The maximum Gasteiger partial charge on any atom is 0.164 e. The number of rotatable bonds is 8. The molecule has 2 aromatic heterocycles. The Labute approximate surface area is 305 Å². The Hall–Kier alpha value is -3.47. The van der Waals surface area contributed by atoms with Crippen LogP contribution >= 0.6 is 0 Å². The Balaban J connectivity index is 0.000000260. The molecule has 1 aliphatic rings. The molecule has 5 aromatic rings. The molecule has 0 spiro atoms. The molecule has 5 nitrogen and oxygen atoms in total. The zero-order chi connectivity index (χ0) is 35.0. The average Bonchev–Trinajstić information content (AvgIpc) is 3.66. The van der Waals surface area contributed by atoms with Gasteiger partial charge < -0.3 is 18.9 Å². The van der Waals surface area contributed by atoms with Crippen LogP contribution in [0.2, 0.25) is 0 Å². The van der Waals surface area contributed by atoms with E-state index in [-0.39, 0.29) is 47.9 Å². The first-order valence-corrected chi connectivity index (χ1v) is 17.6. The van der Waals surface area contributed by atoms with Gasteiger partial charge in [-0.2, -0.15) is 0 Å². The Kier molecular flexibility index (Phi) is 11.6. The summed E-state index contributed by atoms with van der Waals surface area (Å²) in [6.07, 6.45) is 7.39. The largest absolute Gasteiger partial charge is 0.512 e. The fourth-order valence-corrected chi connectivity index (χ4v) is 6.58. The van der Waals surface area contributed by atoms with Crippen molar-refractivity contribution < 1.29 is 38.8 Å². The summed E-state index contributed by atoms with van der Waals surface area (Å²) in [6.45, 7) is 21.7. The van der Waals surface area contributed by atoms with Crippen LogP contribution in [0.15, 0.2) is 74.4 Å². The van der Waals surface area contributed by atoms with Crippen molar-refractivity contribution in [2.75, 3.05) is 6.54 Å². The number of aliphatic imine (C=N–C) groups is 1. The Bertz CT molecular complexity index is 2030. The fourth-order valence-electron chi connectivity index (χ4n) is 6.58. The molecule has 0 amide bonds. The van der Waals surface area contributed by atoms with E-state index < -0.39 is 0 Å². The van der Waals surface area contributed by atoms with Gasteiger partial charge in [-0.3, -0.25) is 4.79 Å². The second-order valence-electron chi connectivity index (χ2n) is 14.9. The van der Waals surface area contributed by atoms with Crippen molar-refractivity contribution in [2.24, 2.45) is 15.8 Å². The van der Waals surface area contributed by atoms with Crippen LogP contribution in [0.1, 0.15) is 116 Å². The molecular formula is C43H52IrNO4-. The van der Waals surface area contributed by atoms with Crippen molar-refractivity contribution >= 4 is 44.2 Å². The number of carbonyl (C=O) groups excluding carboxylic acids is 1. The smallest absolute Gasteiger partial charge is 0.164 e. The Morgan fingerprint density at radius 2 is 1.55 bits per heavy atom. The minimum Gasteiger partial charge on any atom is -0.512 e. The molecule has 1 aliphatic heterocycles. The molecule has 49 heavy (non-hydrogen) atoms. The van der Waals surface area contributed by atoms with Crippen molar-refractivity contribution in [3.63, 3.8) is 0 Å². The van der Waals surface area contributed by atoms with Crippen LogP contribution in [0, 0.1) is 23.8 Å². The number of allylic oxidation sites excluding steroid dienone is 2. The quantitative estimate of drug-likeness (QED) is 0.0959. The van der Waals surface area contributed by atoms with Crippen molar-refractivity contribution in [3.8, 4) is 0 Å². The van der Waals surface area contributed by atoms with E-state index in [1.807, 2.05) is 59.9 Å². The molecule has 1 N–H and O–H groups in total. The summed E-state index contributed by atoms with van der Waals surface area (Å²) in [4.78, 5) is 17.2. The van der Waals surface area contributed by atoms with Crippen molar-refractivity contribution in [2.45, 2.75) is 107 Å². The van der Waals surface area contributed by atoms with E-state index in [0.29, 0.717) is 0 Å². The first-order chi connectivity index (χ1) is 22.7. The zero-order valence-electron chi connectivity index (χ0n) is 30.9. The first-order valence-electron chi connectivity index (χ1n) is 17.6. The zero-order valence-corrected chi connectivity index (χ0v) is 33.3. The van der Waals surface area contributed by atoms with Crippen LogP contribution in [0.4, 0.5) is 0 Å². The van der Waals surface area contributed by atoms with E-state index in [2.05, 4.69) is 64.1 Å². The fraction of sp³-hybridized carbons (Fsp3) is 0.442. The van der Waals surface area contributed by atoms with Gasteiger partial charge in [0.15, 0.2) is 5.78 Å². The normalized spacial score (nSPS) is 13.9. The van der Waals surface area contributed by atoms with Gasteiger partial charge in [0.1, 0.15) is 22.7 Å². The van der Waals surface area contributed by atoms with E-state index in [4.69, 9.17) is 13.8 Å². The summed E-state index contributed by atoms with van der Waals surface area (Å²) >= 11 is 0. The van der Waals surface area contributed by atoms with Gasteiger partial charge in [-0.25, -0.2) is 0 Å². The summed E-state index contributed by atoms with van der Waals surface area (Å²) < 4.78 is 12.1. The molecule has 263 valence electrons. The van der Waals surface area contributed by atoms with Crippen molar-refractivity contribution in [1.82, 2.24) is 0 Å². The van der Waals surface area contributed by atoms with Gasteiger partial charge in [0.2, 0.25) is 0 Å². The molecule has 0 unspecified atom stereocenters. The second-order valence-corrected chi connectivity index (χ2v) is 14.9. The van der Waals surface area contributed by atoms with Crippen LogP contribution in [-0.4, -0.2) is 23.1 Å². The van der Waals surface area contributed by atoms with E-state index >= 15 is 0 Å². The number of aliphatic hydroxyl groups excluding tert-OH is 1. The molecule has 0 atom stereocenters. The maximum absolute atomic E-state index is 12.2. The summed E-state index contributed by atoms with van der Waals surface area (Å²) in [5.74, 6) is 1.29. The number of benzene rings is 3. The third kappa shape index (κ3) is 7.23. The first kappa shape index (κ1) is 38.3. The molecule has 3 heterocycles. The molecule has 6 heteroatoms. The Morgan fingerprint density at radius 1 is 0.918 bits per heavy atom. The van der Waals surface area contributed by atoms with E-state index in [1.165, 1.54) is 17.0 Å². The number of furan rings is 2. The monoisotopic (exact) mass is 839 g/mol. The van der Waals surface area contributed by atoms with E-state index in [1.54, 1.807) is 0 Å². The minimum absolute atomic E-state index is 0. The molecule has 3 aromatic carbocycles. The molecule has 1 radical (unpaired) electrons. The number of carbonyl (C=O) groups is 1. The van der Waals surface area contributed by atoms with Gasteiger partial charge >= 0.3 is 0 Å². The molecule has 0 saturated carbocycles. The molecule has 0 aliphatic carbocycles. The van der Waals surface area contributed by atoms with Crippen LogP contribution in [0.3, 0.4) is 0 Å². The predicted octanol–water partition coefficient (Wildman–Crippen LogP) is 11.8. The van der Waals surface area contributed by atoms with Gasteiger partial charge in [0.25, 0.3) is 0 Å². The summed E-state index contributed by atoms with van der Waals surface area (Å²) in [6, 6.07) is 18.5.